The summed E-state index contributed by atoms with van der Waals surface area (Å²) in [6, 6.07) is 0. The van der Waals surface area contributed by atoms with E-state index in [1.165, 1.54) is 32.1 Å². The lowest BCUT2D eigenvalue weighted by Crippen LogP contribution is -2.53. The van der Waals surface area contributed by atoms with Crippen LogP contribution in [0.2, 0.25) is 0 Å². The number of carboxylic acids is 1. The van der Waals surface area contributed by atoms with Gasteiger partial charge >= 0.3 is 5.97 Å². The number of likely N-dealkylation sites (N-methyl/N-ethyl adjacent to an activating group) is 1. The minimum absolute atomic E-state index is 0.243. The molecule has 0 spiro atoms. The van der Waals surface area contributed by atoms with Crippen LogP contribution in [-0.4, -0.2) is 36.4 Å². The van der Waals surface area contributed by atoms with Crippen LogP contribution in [0.1, 0.15) is 46.0 Å². The van der Waals surface area contributed by atoms with Gasteiger partial charge in [0.2, 0.25) is 0 Å². The lowest BCUT2D eigenvalue weighted by molar-refractivity contribution is -0.147. The molecule has 0 radical (unpaired) electrons. The summed E-state index contributed by atoms with van der Waals surface area (Å²) in [5.41, 5.74) is -0.955. The largest absolute Gasteiger partial charge is 0.480 e. The molecule has 0 saturated heterocycles. The molecule has 1 saturated carbocycles. The summed E-state index contributed by atoms with van der Waals surface area (Å²) >= 11 is 0. The summed E-state index contributed by atoms with van der Waals surface area (Å²) in [5, 5.41) is 12.1. The summed E-state index contributed by atoms with van der Waals surface area (Å²) in [6.07, 6.45) is 6.37. The van der Waals surface area contributed by atoms with Crippen molar-refractivity contribution in [3.05, 3.63) is 0 Å². The molecular formula is C13H25NO3. The number of carboxylic acid groups (broad SMARTS) is 1. The second-order valence-electron chi connectivity index (χ2n) is 5.19. The third-order valence-electron chi connectivity index (χ3n) is 3.51. The van der Waals surface area contributed by atoms with Crippen molar-refractivity contribution in [2.45, 2.75) is 51.5 Å². The van der Waals surface area contributed by atoms with Gasteiger partial charge in [-0.2, -0.15) is 0 Å². The molecule has 1 aliphatic carbocycles. The van der Waals surface area contributed by atoms with E-state index in [1.54, 1.807) is 6.92 Å². The van der Waals surface area contributed by atoms with E-state index in [0.29, 0.717) is 19.1 Å². The third kappa shape index (κ3) is 4.64. The van der Waals surface area contributed by atoms with Crippen molar-refractivity contribution in [1.82, 2.24) is 5.32 Å². The Morgan fingerprint density at radius 3 is 2.59 bits per heavy atom. The molecule has 0 bridgehead atoms. The van der Waals surface area contributed by atoms with Crippen LogP contribution in [0, 0.1) is 5.92 Å². The van der Waals surface area contributed by atoms with E-state index in [1.807, 2.05) is 6.92 Å². The Morgan fingerprint density at radius 2 is 2.06 bits per heavy atom. The highest BCUT2D eigenvalue weighted by Gasteiger charge is 2.32. The van der Waals surface area contributed by atoms with Crippen LogP contribution in [0.4, 0.5) is 0 Å². The molecule has 1 fully saturated rings. The topological polar surface area (TPSA) is 58.6 Å². The number of carbonyl (C=O) groups is 1. The number of aliphatic carboxylic acids is 1. The first-order valence-electron chi connectivity index (χ1n) is 6.64. The van der Waals surface area contributed by atoms with Crippen LogP contribution in [-0.2, 0) is 9.53 Å². The van der Waals surface area contributed by atoms with Crippen molar-refractivity contribution in [2.75, 3.05) is 19.8 Å². The highest BCUT2D eigenvalue weighted by Crippen LogP contribution is 2.23. The fourth-order valence-electron chi connectivity index (χ4n) is 2.36. The zero-order valence-corrected chi connectivity index (χ0v) is 11.0. The predicted octanol–water partition coefficient (Wildman–Crippen LogP) is 2.04. The Hall–Kier alpha value is -0.610. The molecule has 0 aromatic heterocycles. The van der Waals surface area contributed by atoms with E-state index in [4.69, 9.17) is 9.84 Å². The van der Waals surface area contributed by atoms with E-state index in [-0.39, 0.29) is 6.61 Å². The van der Waals surface area contributed by atoms with E-state index >= 15 is 0 Å². The van der Waals surface area contributed by atoms with Gasteiger partial charge in [0.1, 0.15) is 5.54 Å². The van der Waals surface area contributed by atoms with Crippen LogP contribution >= 0.6 is 0 Å². The van der Waals surface area contributed by atoms with Gasteiger partial charge in [-0.3, -0.25) is 4.79 Å². The van der Waals surface area contributed by atoms with Gasteiger partial charge in [0.15, 0.2) is 0 Å². The molecule has 0 aliphatic heterocycles. The molecule has 0 aromatic rings. The Kier molecular flexibility index (Phi) is 5.92. The van der Waals surface area contributed by atoms with E-state index < -0.39 is 11.5 Å². The molecule has 2 N–H and O–H groups in total. The summed E-state index contributed by atoms with van der Waals surface area (Å²) in [5.74, 6) is -0.216. The molecule has 1 rings (SSSR count). The minimum atomic E-state index is -0.955. The first-order chi connectivity index (χ1) is 8.08. The molecule has 0 amide bonds. The summed E-state index contributed by atoms with van der Waals surface area (Å²) in [6.45, 7) is 5.17. The third-order valence-corrected chi connectivity index (χ3v) is 3.51. The lowest BCUT2D eigenvalue weighted by atomic mass is 9.90. The smallest absolute Gasteiger partial charge is 0.326 e. The molecule has 0 aromatic carbocycles. The van der Waals surface area contributed by atoms with Crippen molar-refractivity contribution in [3.8, 4) is 0 Å². The molecule has 17 heavy (non-hydrogen) atoms. The van der Waals surface area contributed by atoms with Crippen LogP contribution in [0.15, 0.2) is 0 Å². The normalized spacial score (nSPS) is 21.1. The lowest BCUT2D eigenvalue weighted by Gasteiger charge is -2.27. The maximum Gasteiger partial charge on any atom is 0.326 e. The molecule has 1 atom stereocenters. The van der Waals surface area contributed by atoms with Crippen molar-refractivity contribution < 1.29 is 14.6 Å². The average molecular weight is 243 g/mol. The number of nitrogens with one attached hydrogen (secondary N) is 1. The zero-order valence-electron chi connectivity index (χ0n) is 11.0. The monoisotopic (exact) mass is 243 g/mol. The number of hydrogen-bond donors (Lipinski definition) is 2. The molecular weight excluding hydrogens is 218 g/mol. The summed E-state index contributed by atoms with van der Waals surface area (Å²) in [4.78, 5) is 11.2. The van der Waals surface area contributed by atoms with Crippen LogP contribution in [0.25, 0.3) is 0 Å². The first-order valence-corrected chi connectivity index (χ1v) is 6.64. The van der Waals surface area contributed by atoms with Crippen LogP contribution in [0.5, 0.6) is 0 Å². The number of rotatable bonds is 7. The van der Waals surface area contributed by atoms with Crippen molar-refractivity contribution in [1.29, 1.82) is 0 Å². The highest BCUT2D eigenvalue weighted by molar-refractivity contribution is 5.78. The van der Waals surface area contributed by atoms with Gasteiger partial charge in [0, 0.05) is 6.61 Å². The maximum atomic E-state index is 11.2. The molecule has 1 unspecified atom stereocenters. The minimum Gasteiger partial charge on any atom is -0.480 e. The molecule has 4 heteroatoms. The SMILES string of the molecule is CCNC(C)(COCC1CCCCC1)C(=O)O. The van der Waals surface area contributed by atoms with Gasteiger partial charge in [-0.15, -0.1) is 0 Å². The Bertz CT molecular complexity index is 239. The Labute approximate surface area is 104 Å². The van der Waals surface area contributed by atoms with Gasteiger partial charge in [-0.05, 0) is 32.2 Å². The predicted molar refractivity (Wildman–Crippen MR) is 67.1 cm³/mol. The average Bonchev–Trinajstić information content (AvgIpc) is 2.30. The maximum absolute atomic E-state index is 11.2. The first kappa shape index (κ1) is 14.5. The quantitative estimate of drug-likeness (QED) is 0.718. The number of ether oxygens (including phenoxy) is 1. The van der Waals surface area contributed by atoms with Crippen molar-refractivity contribution in [2.24, 2.45) is 5.92 Å². The van der Waals surface area contributed by atoms with Gasteiger partial charge in [-0.1, -0.05) is 26.2 Å². The highest BCUT2D eigenvalue weighted by atomic mass is 16.5. The second kappa shape index (κ2) is 6.97. The van der Waals surface area contributed by atoms with Gasteiger partial charge in [0.25, 0.3) is 0 Å². The Morgan fingerprint density at radius 1 is 1.41 bits per heavy atom. The summed E-state index contributed by atoms with van der Waals surface area (Å²) < 4.78 is 5.61. The summed E-state index contributed by atoms with van der Waals surface area (Å²) in [7, 11) is 0. The molecule has 100 valence electrons. The van der Waals surface area contributed by atoms with E-state index in [0.717, 1.165) is 0 Å². The Balaban J connectivity index is 2.28. The second-order valence-corrected chi connectivity index (χ2v) is 5.19. The standard InChI is InChI=1S/C13H25NO3/c1-3-14-13(2,12(15)16)10-17-9-11-7-5-4-6-8-11/h11,14H,3-10H2,1-2H3,(H,15,16). The van der Waals surface area contributed by atoms with E-state index in [9.17, 15) is 4.79 Å². The number of hydrogen-bond acceptors (Lipinski definition) is 3. The fraction of sp³-hybridized carbons (Fsp3) is 0.923. The molecule has 0 heterocycles. The van der Waals surface area contributed by atoms with Crippen molar-refractivity contribution in [3.63, 3.8) is 0 Å². The van der Waals surface area contributed by atoms with Crippen molar-refractivity contribution >= 4 is 5.97 Å². The molecule has 1 aliphatic rings. The fourth-order valence-corrected chi connectivity index (χ4v) is 2.36. The van der Waals surface area contributed by atoms with Gasteiger partial charge in [0.05, 0.1) is 6.61 Å². The molecule has 4 nitrogen and oxygen atoms in total. The van der Waals surface area contributed by atoms with Crippen LogP contribution < -0.4 is 5.32 Å². The van der Waals surface area contributed by atoms with Gasteiger partial charge < -0.3 is 15.2 Å². The zero-order chi connectivity index (χ0) is 12.7. The van der Waals surface area contributed by atoms with Crippen LogP contribution in [0.3, 0.4) is 0 Å². The van der Waals surface area contributed by atoms with E-state index in [2.05, 4.69) is 5.32 Å². The van der Waals surface area contributed by atoms with Gasteiger partial charge in [-0.25, -0.2) is 0 Å².